The van der Waals surface area contributed by atoms with Crippen LogP contribution in [-0.2, 0) is 4.74 Å². The number of hydrogen-bond donors (Lipinski definition) is 2. The van der Waals surface area contributed by atoms with Crippen molar-refractivity contribution >= 4 is 29.3 Å². The number of nitrogens with zero attached hydrogens (tertiary/aromatic N) is 6. The van der Waals surface area contributed by atoms with E-state index in [1.54, 1.807) is 12.1 Å². The number of nitrogens with one attached hydrogen (secondary N) is 1. The number of anilines is 2. The molecule has 0 aromatic carbocycles. The normalized spacial score (nSPS) is 18.0. The average molecular weight is 490 g/mol. The number of allylic oxidation sites excluding steroid dienone is 1. The van der Waals surface area contributed by atoms with E-state index in [4.69, 9.17) is 10.5 Å². The largest absolute Gasteiger partial charge is 0.407 e. The first kappa shape index (κ1) is 24.5. The molecule has 2 aliphatic heterocycles. The van der Waals surface area contributed by atoms with Gasteiger partial charge in [-0.3, -0.25) is 14.7 Å². The SMILES string of the molecule is N/C=C(\C=NCC(F)(F)F)c1cccc(C(=O)Nc2cc(N3CCN(C4COC4)CC3)ncn2)n1. The van der Waals surface area contributed by atoms with Crippen molar-refractivity contribution in [2.45, 2.75) is 12.2 Å². The summed E-state index contributed by atoms with van der Waals surface area (Å²) in [7, 11) is 0. The number of carbonyl (C=O) groups excluding carboxylic acids is 1. The van der Waals surface area contributed by atoms with Crippen molar-refractivity contribution in [3.63, 3.8) is 0 Å². The van der Waals surface area contributed by atoms with Gasteiger partial charge < -0.3 is 20.7 Å². The minimum absolute atomic E-state index is 0.0440. The Hall–Kier alpha value is -3.58. The van der Waals surface area contributed by atoms with E-state index in [2.05, 4.69) is 35.1 Å². The van der Waals surface area contributed by atoms with Gasteiger partial charge in [0.05, 0.1) is 24.9 Å². The molecular formula is C22H25F3N8O2. The number of aromatic nitrogens is 3. The molecule has 13 heteroatoms. The lowest BCUT2D eigenvalue weighted by Crippen LogP contribution is -2.56. The first-order valence-electron chi connectivity index (χ1n) is 11.0. The summed E-state index contributed by atoms with van der Waals surface area (Å²) in [5, 5.41) is 2.69. The summed E-state index contributed by atoms with van der Waals surface area (Å²) >= 11 is 0. The maximum atomic E-state index is 12.8. The van der Waals surface area contributed by atoms with Crippen LogP contribution in [0.3, 0.4) is 0 Å². The second kappa shape index (κ2) is 10.8. The van der Waals surface area contributed by atoms with Crippen molar-refractivity contribution in [2.24, 2.45) is 10.7 Å². The smallest absolute Gasteiger partial charge is 0.404 e. The zero-order chi connectivity index (χ0) is 24.8. The van der Waals surface area contributed by atoms with E-state index in [1.807, 2.05) is 0 Å². The van der Waals surface area contributed by atoms with Crippen molar-refractivity contribution < 1.29 is 22.7 Å². The molecule has 2 aromatic heterocycles. The molecule has 2 fully saturated rings. The number of amides is 1. The molecule has 0 aliphatic carbocycles. The molecular weight excluding hydrogens is 465 g/mol. The van der Waals surface area contributed by atoms with E-state index in [-0.39, 0.29) is 17.0 Å². The van der Waals surface area contributed by atoms with Gasteiger partial charge in [0.15, 0.2) is 0 Å². The molecule has 1 amide bonds. The van der Waals surface area contributed by atoms with Crippen molar-refractivity contribution in [1.82, 2.24) is 19.9 Å². The van der Waals surface area contributed by atoms with Crippen LogP contribution in [0.15, 0.2) is 41.8 Å². The molecule has 4 rings (SSSR count). The van der Waals surface area contributed by atoms with E-state index < -0.39 is 18.6 Å². The summed E-state index contributed by atoms with van der Waals surface area (Å²) in [5.41, 5.74) is 5.93. The average Bonchev–Trinajstić information content (AvgIpc) is 2.81. The lowest BCUT2D eigenvalue weighted by atomic mass is 10.2. The standard InChI is InChI=1S/C22H25F3N8O2/c23-22(24,25)13-27-10-15(9-26)17-2-1-3-18(30-17)21(34)31-19-8-20(29-14-28-19)33-6-4-32(5-7-33)16-11-35-12-16/h1-3,8-10,14,16H,4-7,11-13,26H2,(H,28,29,31,34)/b15-9+,27-10?. The Kier molecular flexibility index (Phi) is 7.56. The van der Waals surface area contributed by atoms with Crippen LogP contribution in [0.5, 0.6) is 0 Å². The van der Waals surface area contributed by atoms with Crippen LogP contribution in [-0.4, -0.2) is 90.1 Å². The first-order chi connectivity index (χ1) is 16.8. The van der Waals surface area contributed by atoms with E-state index >= 15 is 0 Å². The summed E-state index contributed by atoms with van der Waals surface area (Å²) in [6.45, 7) is 3.62. The minimum atomic E-state index is -4.43. The molecule has 186 valence electrons. The highest BCUT2D eigenvalue weighted by atomic mass is 19.4. The van der Waals surface area contributed by atoms with Crippen LogP contribution in [0, 0.1) is 0 Å². The van der Waals surface area contributed by atoms with Crippen LogP contribution < -0.4 is 16.0 Å². The fourth-order valence-corrected chi connectivity index (χ4v) is 3.68. The van der Waals surface area contributed by atoms with Crippen molar-refractivity contribution in [1.29, 1.82) is 0 Å². The third-order valence-corrected chi connectivity index (χ3v) is 5.63. The summed E-state index contributed by atoms with van der Waals surface area (Å²) in [6.07, 6.45) is -0.988. The first-order valence-corrected chi connectivity index (χ1v) is 11.0. The fraction of sp³-hybridized carbons (Fsp3) is 0.409. The number of nitrogens with two attached hydrogens (primary N) is 1. The Morgan fingerprint density at radius 1 is 1.20 bits per heavy atom. The van der Waals surface area contributed by atoms with Crippen LogP contribution in [0.2, 0.25) is 0 Å². The summed E-state index contributed by atoms with van der Waals surface area (Å²) in [5.74, 6) is 0.481. The third kappa shape index (κ3) is 6.51. The van der Waals surface area contributed by atoms with Crippen molar-refractivity contribution in [3.8, 4) is 0 Å². The second-order valence-corrected chi connectivity index (χ2v) is 8.04. The van der Waals surface area contributed by atoms with Crippen LogP contribution in [0.25, 0.3) is 5.57 Å². The molecule has 3 N–H and O–H groups in total. The van der Waals surface area contributed by atoms with Gasteiger partial charge in [-0.15, -0.1) is 0 Å². The zero-order valence-corrected chi connectivity index (χ0v) is 18.8. The van der Waals surface area contributed by atoms with E-state index in [1.165, 1.54) is 18.5 Å². The molecule has 0 bridgehead atoms. The van der Waals surface area contributed by atoms with Crippen LogP contribution in [0.4, 0.5) is 24.8 Å². The quantitative estimate of drug-likeness (QED) is 0.561. The third-order valence-electron chi connectivity index (χ3n) is 5.63. The molecule has 0 spiro atoms. The maximum absolute atomic E-state index is 12.8. The van der Waals surface area contributed by atoms with Crippen molar-refractivity contribution in [2.75, 3.05) is 56.2 Å². The van der Waals surface area contributed by atoms with Gasteiger partial charge in [-0.25, -0.2) is 15.0 Å². The summed E-state index contributed by atoms with van der Waals surface area (Å²) in [6, 6.07) is 6.74. The summed E-state index contributed by atoms with van der Waals surface area (Å²) in [4.78, 5) is 33.3. The molecule has 2 saturated heterocycles. The topological polar surface area (TPSA) is 122 Å². The molecule has 4 heterocycles. The van der Waals surface area contributed by atoms with Gasteiger partial charge >= 0.3 is 6.18 Å². The molecule has 35 heavy (non-hydrogen) atoms. The fourth-order valence-electron chi connectivity index (χ4n) is 3.68. The molecule has 0 atom stereocenters. The van der Waals surface area contributed by atoms with E-state index in [0.717, 1.165) is 51.8 Å². The Labute approximate surface area is 199 Å². The highest BCUT2D eigenvalue weighted by molar-refractivity contribution is 6.09. The van der Waals surface area contributed by atoms with Gasteiger partial charge in [-0.1, -0.05) is 6.07 Å². The Morgan fingerprint density at radius 2 is 1.94 bits per heavy atom. The Balaban J connectivity index is 1.39. The molecule has 2 aromatic rings. The van der Waals surface area contributed by atoms with Gasteiger partial charge in [0.25, 0.3) is 5.91 Å². The van der Waals surface area contributed by atoms with E-state index in [0.29, 0.717) is 17.7 Å². The molecule has 0 radical (unpaired) electrons. The van der Waals surface area contributed by atoms with E-state index in [9.17, 15) is 18.0 Å². The lowest BCUT2D eigenvalue weighted by Gasteiger charge is -2.42. The molecule has 10 nitrogen and oxygen atoms in total. The number of piperazine rings is 1. The van der Waals surface area contributed by atoms with Gasteiger partial charge in [-0.2, -0.15) is 13.2 Å². The minimum Gasteiger partial charge on any atom is -0.404 e. The lowest BCUT2D eigenvalue weighted by molar-refractivity contribution is -0.118. The van der Waals surface area contributed by atoms with Crippen LogP contribution in [0.1, 0.15) is 16.2 Å². The van der Waals surface area contributed by atoms with Gasteiger partial charge in [0, 0.05) is 50.2 Å². The molecule has 0 saturated carbocycles. The number of halogens is 3. The second-order valence-electron chi connectivity index (χ2n) is 8.04. The van der Waals surface area contributed by atoms with Gasteiger partial charge in [0.2, 0.25) is 0 Å². The molecule has 2 aliphatic rings. The Bertz CT molecular complexity index is 1100. The Morgan fingerprint density at radius 3 is 2.60 bits per heavy atom. The van der Waals surface area contributed by atoms with Gasteiger partial charge in [0.1, 0.15) is 30.2 Å². The zero-order valence-electron chi connectivity index (χ0n) is 18.8. The monoisotopic (exact) mass is 490 g/mol. The van der Waals surface area contributed by atoms with Crippen molar-refractivity contribution in [3.05, 3.63) is 48.2 Å². The summed E-state index contributed by atoms with van der Waals surface area (Å²) < 4.78 is 42.3. The van der Waals surface area contributed by atoms with Crippen LogP contribution >= 0.6 is 0 Å². The maximum Gasteiger partial charge on any atom is 0.407 e. The molecule has 0 unspecified atom stereocenters. The number of aliphatic imine (C=N–C) groups is 1. The number of carbonyl (C=O) groups is 1. The number of ether oxygens (including phenoxy) is 1. The number of rotatable bonds is 7. The number of hydrogen-bond acceptors (Lipinski definition) is 9. The predicted molar refractivity (Wildman–Crippen MR) is 124 cm³/mol. The highest BCUT2D eigenvalue weighted by Gasteiger charge is 2.29. The predicted octanol–water partition coefficient (Wildman–Crippen LogP) is 1.58. The highest BCUT2D eigenvalue weighted by Crippen LogP contribution is 2.20. The number of alkyl halides is 3. The number of pyridine rings is 1. The van der Waals surface area contributed by atoms with Gasteiger partial charge in [-0.05, 0) is 12.1 Å².